The number of hydrogen-bond donors (Lipinski definition) is 0. The molecule has 0 amide bonds. The molecule has 3 rings (SSSR count). The fourth-order valence-electron chi connectivity index (χ4n) is 2.94. The van der Waals surface area contributed by atoms with Crippen molar-refractivity contribution in [3.63, 3.8) is 0 Å². The van der Waals surface area contributed by atoms with Gasteiger partial charge in [-0.15, -0.1) is 0 Å². The first-order valence-corrected chi connectivity index (χ1v) is 10.5. The zero-order valence-corrected chi connectivity index (χ0v) is 16.1. The molecule has 2 aromatic rings. The molecule has 0 aromatic heterocycles. The van der Waals surface area contributed by atoms with E-state index in [2.05, 4.69) is 4.90 Å². The molecule has 0 aliphatic carbocycles. The minimum atomic E-state index is -3.37. The van der Waals surface area contributed by atoms with Crippen LogP contribution in [0.4, 0.5) is 0 Å². The standard InChI is InChI=1S/C18H20Cl2N2O2S/c19-17-7-3-1-5-15(17)13-21-9-11-22(12-10-21)25(23,24)14-16-6-2-4-8-18(16)20/h1-8H,9-14H2. The van der Waals surface area contributed by atoms with Crippen molar-refractivity contribution in [3.05, 3.63) is 69.7 Å². The number of hydrogen-bond acceptors (Lipinski definition) is 3. The highest BCUT2D eigenvalue weighted by Gasteiger charge is 2.27. The Bertz CT molecular complexity index is 834. The summed E-state index contributed by atoms with van der Waals surface area (Å²) >= 11 is 12.3. The predicted octanol–water partition coefficient (Wildman–Crippen LogP) is 3.64. The molecule has 0 radical (unpaired) electrons. The maximum absolute atomic E-state index is 12.7. The largest absolute Gasteiger partial charge is 0.296 e. The average molecular weight is 399 g/mol. The van der Waals surface area contributed by atoms with Crippen molar-refractivity contribution >= 4 is 33.2 Å². The van der Waals surface area contributed by atoms with Crippen LogP contribution in [0.25, 0.3) is 0 Å². The third-order valence-electron chi connectivity index (χ3n) is 4.37. The van der Waals surface area contributed by atoms with Crippen molar-refractivity contribution in [2.75, 3.05) is 26.2 Å². The van der Waals surface area contributed by atoms with Crippen LogP contribution in [0.2, 0.25) is 10.0 Å². The smallest absolute Gasteiger partial charge is 0.218 e. The van der Waals surface area contributed by atoms with Gasteiger partial charge in [-0.25, -0.2) is 8.42 Å². The molecule has 0 unspecified atom stereocenters. The van der Waals surface area contributed by atoms with Gasteiger partial charge in [-0.1, -0.05) is 59.6 Å². The first-order chi connectivity index (χ1) is 12.0. The third-order valence-corrected chi connectivity index (χ3v) is 6.94. The monoisotopic (exact) mass is 398 g/mol. The van der Waals surface area contributed by atoms with Crippen LogP contribution >= 0.6 is 23.2 Å². The highest BCUT2D eigenvalue weighted by atomic mass is 35.5. The van der Waals surface area contributed by atoms with Crippen LogP contribution in [-0.4, -0.2) is 43.8 Å². The quantitative estimate of drug-likeness (QED) is 0.771. The summed E-state index contributed by atoms with van der Waals surface area (Å²) in [7, 11) is -3.37. The van der Waals surface area contributed by atoms with Crippen molar-refractivity contribution in [2.24, 2.45) is 0 Å². The molecule has 0 bridgehead atoms. The highest BCUT2D eigenvalue weighted by Crippen LogP contribution is 2.22. The van der Waals surface area contributed by atoms with Crippen LogP contribution in [0.3, 0.4) is 0 Å². The summed E-state index contributed by atoms with van der Waals surface area (Å²) in [5.74, 6) is -0.0583. The molecule has 1 saturated heterocycles. The van der Waals surface area contributed by atoms with Gasteiger partial charge in [-0.2, -0.15) is 4.31 Å². The molecule has 134 valence electrons. The summed E-state index contributed by atoms with van der Waals surface area (Å²) < 4.78 is 26.9. The molecule has 25 heavy (non-hydrogen) atoms. The van der Waals surface area contributed by atoms with E-state index < -0.39 is 10.0 Å². The zero-order valence-electron chi connectivity index (χ0n) is 13.7. The molecule has 1 aliphatic rings. The van der Waals surface area contributed by atoms with Crippen molar-refractivity contribution in [2.45, 2.75) is 12.3 Å². The minimum absolute atomic E-state index is 0.0583. The van der Waals surface area contributed by atoms with E-state index in [0.717, 1.165) is 17.1 Å². The molecule has 1 aliphatic heterocycles. The van der Waals surface area contributed by atoms with Gasteiger partial charge in [0.25, 0.3) is 0 Å². The SMILES string of the molecule is O=S(=O)(Cc1ccccc1Cl)N1CCN(Cc2ccccc2Cl)CC1. The van der Waals surface area contributed by atoms with Crippen LogP contribution in [0.5, 0.6) is 0 Å². The van der Waals surface area contributed by atoms with E-state index in [-0.39, 0.29) is 5.75 Å². The van der Waals surface area contributed by atoms with Crippen molar-refractivity contribution in [1.82, 2.24) is 9.21 Å². The highest BCUT2D eigenvalue weighted by molar-refractivity contribution is 7.88. The van der Waals surface area contributed by atoms with E-state index in [1.807, 2.05) is 24.3 Å². The molecule has 1 fully saturated rings. The zero-order chi connectivity index (χ0) is 17.9. The second-order valence-corrected chi connectivity index (χ2v) is 8.90. The normalized spacial score (nSPS) is 16.9. The van der Waals surface area contributed by atoms with E-state index in [4.69, 9.17) is 23.2 Å². The van der Waals surface area contributed by atoms with E-state index in [1.165, 1.54) is 0 Å². The van der Waals surface area contributed by atoms with Gasteiger partial charge in [0.05, 0.1) is 5.75 Å². The van der Waals surface area contributed by atoms with Crippen LogP contribution in [0, 0.1) is 0 Å². The number of halogens is 2. The van der Waals surface area contributed by atoms with E-state index in [0.29, 0.717) is 36.8 Å². The van der Waals surface area contributed by atoms with Crippen LogP contribution < -0.4 is 0 Å². The van der Waals surface area contributed by atoms with Gasteiger partial charge >= 0.3 is 0 Å². The Hall–Kier alpha value is -1.11. The summed E-state index contributed by atoms with van der Waals surface area (Å²) in [4.78, 5) is 2.22. The lowest BCUT2D eigenvalue weighted by molar-refractivity contribution is 0.181. The van der Waals surface area contributed by atoms with Gasteiger partial charge in [0.1, 0.15) is 0 Å². The third kappa shape index (κ3) is 4.74. The number of benzene rings is 2. The van der Waals surface area contributed by atoms with Gasteiger partial charge in [0, 0.05) is 42.8 Å². The number of rotatable bonds is 5. The topological polar surface area (TPSA) is 40.6 Å². The molecule has 1 heterocycles. The number of sulfonamides is 1. The summed E-state index contributed by atoms with van der Waals surface area (Å²) in [5, 5.41) is 1.24. The lowest BCUT2D eigenvalue weighted by Crippen LogP contribution is -2.48. The fourth-order valence-corrected chi connectivity index (χ4v) is 4.96. The van der Waals surface area contributed by atoms with Crippen molar-refractivity contribution < 1.29 is 8.42 Å². The number of nitrogens with zero attached hydrogens (tertiary/aromatic N) is 2. The maximum atomic E-state index is 12.7. The molecular formula is C18H20Cl2N2O2S. The van der Waals surface area contributed by atoms with Gasteiger partial charge < -0.3 is 0 Å². The summed E-state index contributed by atoms with van der Waals surface area (Å²) in [5.41, 5.74) is 1.71. The minimum Gasteiger partial charge on any atom is -0.296 e. The summed E-state index contributed by atoms with van der Waals surface area (Å²) in [6.45, 7) is 3.08. The lowest BCUT2D eigenvalue weighted by atomic mass is 10.2. The Morgan fingerprint density at radius 3 is 1.88 bits per heavy atom. The van der Waals surface area contributed by atoms with Gasteiger partial charge in [-0.3, -0.25) is 4.90 Å². The van der Waals surface area contributed by atoms with E-state index >= 15 is 0 Å². The summed E-state index contributed by atoms with van der Waals surface area (Å²) in [6.07, 6.45) is 0. The molecule has 7 heteroatoms. The molecule has 0 saturated carbocycles. The summed E-state index contributed by atoms with van der Waals surface area (Å²) in [6, 6.07) is 14.8. The molecular weight excluding hydrogens is 379 g/mol. The number of piperazine rings is 1. The van der Waals surface area contributed by atoms with Crippen molar-refractivity contribution in [1.29, 1.82) is 0 Å². The first kappa shape index (κ1) is 18.7. The second kappa shape index (κ2) is 8.06. The van der Waals surface area contributed by atoms with Crippen molar-refractivity contribution in [3.8, 4) is 0 Å². The molecule has 4 nitrogen and oxygen atoms in total. The Morgan fingerprint density at radius 2 is 1.32 bits per heavy atom. The Labute approximate surface area is 159 Å². The first-order valence-electron chi connectivity index (χ1n) is 8.13. The molecule has 0 N–H and O–H groups in total. The van der Waals surface area contributed by atoms with Crippen LogP contribution in [0.1, 0.15) is 11.1 Å². The van der Waals surface area contributed by atoms with E-state index in [9.17, 15) is 8.42 Å². The van der Waals surface area contributed by atoms with Gasteiger partial charge in [0.2, 0.25) is 10.0 Å². The van der Waals surface area contributed by atoms with E-state index in [1.54, 1.807) is 28.6 Å². The lowest BCUT2D eigenvalue weighted by Gasteiger charge is -2.34. The second-order valence-electron chi connectivity index (χ2n) is 6.11. The molecule has 2 aromatic carbocycles. The van der Waals surface area contributed by atoms with Crippen LogP contribution in [0.15, 0.2) is 48.5 Å². The predicted molar refractivity (Wildman–Crippen MR) is 102 cm³/mol. The average Bonchev–Trinajstić information content (AvgIpc) is 2.59. The Balaban J connectivity index is 1.60. The van der Waals surface area contributed by atoms with Gasteiger partial charge in [-0.05, 0) is 23.3 Å². The van der Waals surface area contributed by atoms with Crippen LogP contribution in [-0.2, 0) is 22.3 Å². The Morgan fingerprint density at radius 1 is 0.800 bits per heavy atom. The maximum Gasteiger partial charge on any atom is 0.218 e. The Kier molecular flexibility index (Phi) is 6.02. The molecule has 0 spiro atoms. The molecule has 0 atom stereocenters. The fraction of sp³-hybridized carbons (Fsp3) is 0.333. The van der Waals surface area contributed by atoms with Gasteiger partial charge in [0.15, 0.2) is 0 Å².